The summed E-state index contributed by atoms with van der Waals surface area (Å²) in [5, 5.41) is 7.35. The SMILES string of the molecule is Cc1nonc1CCC(=O)C(C)C. The van der Waals surface area contributed by atoms with Crippen LogP contribution in [0.3, 0.4) is 0 Å². The summed E-state index contributed by atoms with van der Waals surface area (Å²) in [7, 11) is 0. The second kappa shape index (κ2) is 4.16. The molecule has 1 aromatic heterocycles. The second-order valence-electron chi connectivity index (χ2n) is 3.42. The van der Waals surface area contributed by atoms with Gasteiger partial charge in [0.2, 0.25) is 0 Å². The minimum atomic E-state index is 0.0974. The van der Waals surface area contributed by atoms with Gasteiger partial charge in [-0.1, -0.05) is 24.2 Å². The second-order valence-corrected chi connectivity index (χ2v) is 3.42. The lowest BCUT2D eigenvalue weighted by atomic mass is 10.0. The van der Waals surface area contributed by atoms with Gasteiger partial charge < -0.3 is 0 Å². The van der Waals surface area contributed by atoms with Gasteiger partial charge >= 0.3 is 0 Å². The Morgan fingerprint density at radius 2 is 2.15 bits per heavy atom. The van der Waals surface area contributed by atoms with Gasteiger partial charge in [0, 0.05) is 18.8 Å². The highest BCUT2D eigenvalue weighted by Crippen LogP contribution is 2.07. The van der Waals surface area contributed by atoms with Crippen LogP contribution in [0.15, 0.2) is 4.63 Å². The van der Waals surface area contributed by atoms with Gasteiger partial charge in [-0.25, -0.2) is 4.63 Å². The van der Waals surface area contributed by atoms with E-state index in [0.29, 0.717) is 12.8 Å². The van der Waals surface area contributed by atoms with E-state index in [1.807, 2.05) is 20.8 Å². The largest absolute Gasteiger partial charge is 0.299 e. The number of rotatable bonds is 4. The number of hydrogen-bond donors (Lipinski definition) is 0. The van der Waals surface area contributed by atoms with Crippen molar-refractivity contribution in [2.24, 2.45) is 5.92 Å². The van der Waals surface area contributed by atoms with Gasteiger partial charge in [-0.15, -0.1) is 0 Å². The number of aromatic nitrogens is 2. The highest BCUT2D eigenvalue weighted by Gasteiger charge is 2.10. The maximum absolute atomic E-state index is 11.3. The van der Waals surface area contributed by atoms with Crippen LogP contribution in [0.4, 0.5) is 0 Å². The summed E-state index contributed by atoms with van der Waals surface area (Å²) in [5.41, 5.74) is 1.56. The van der Waals surface area contributed by atoms with Crippen LogP contribution in [0.1, 0.15) is 31.7 Å². The van der Waals surface area contributed by atoms with E-state index in [0.717, 1.165) is 11.4 Å². The summed E-state index contributed by atoms with van der Waals surface area (Å²) in [6, 6.07) is 0. The molecule has 0 N–H and O–H groups in total. The lowest BCUT2D eigenvalue weighted by molar-refractivity contribution is -0.121. The molecule has 4 nitrogen and oxygen atoms in total. The van der Waals surface area contributed by atoms with Crippen LogP contribution in [0.2, 0.25) is 0 Å². The van der Waals surface area contributed by atoms with Crippen LogP contribution in [-0.4, -0.2) is 16.1 Å². The Labute approximate surface area is 77.3 Å². The molecule has 72 valence electrons. The Bertz CT molecular complexity index is 292. The third kappa shape index (κ3) is 2.65. The van der Waals surface area contributed by atoms with Crippen LogP contribution in [-0.2, 0) is 11.2 Å². The van der Waals surface area contributed by atoms with Gasteiger partial charge in [-0.3, -0.25) is 4.79 Å². The smallest absolute Gasteiger partial charge is 0.135 e. The summed E-state index contributed by atoms with van der Waals surface area (Å²) < 4.78 is 4.53. The number of carbonyl (C=O) groups is 1. The van der Waals surface area contributed by atoms with Crippen molar-refractivity contribution in [3.63, 3.8) is 0 Å². The maximum atomic E-state index is 11.3. The Morgan fingerprint density at radius 1 is 1.46 bits per heavy atom. The minimum absolute atomic E-state index is 0.0974. The molecule has 0 unspecified atom stereocenters. The zero-order valence-corrected chi connectivity index (χ0v) is 8.20. The molecule has 0 fully saturated rings. The molecule has 0 aromatic carbocycles. The molecule has 0 saturated heterocycles. The van der Waals surface area contributed by atoms with E-state index in [2.05, 4.69) is 14.9 Å². The molecule has 1 aromatic rings. The Balaban J connectivity index is 2.44. The first-order valence-electron chi connectivity index (χ1n) is 4.42. The van der Waals surface area contributed by atoms with E-state index in [1.54, 1.807) is 0 Å². The summed E-state index contributed by atoms with van der Waals surface area (Å²) in [5.74, 6) is 0.350. The summed E-state index contributed by atoms with van der Waals surface area (Å²) in [4.78, 5) is 11.3. The van der Waals surface area contributed by atoms with Crippen molar-refractivity contribution in [1.29, 1.82) is 0 Å². The van der Waals surface area contributed by atoms with E-state index in [4.69, 9.17) is 0 Å². The monoisotopic (exact) mass is 182 g/mol. The average molecular weight is 182 g/mol. The first-order valence-corrected chi connectivity index (χ1v) is 4.42. The normalized spacial score (nSPS) is 10.8. The first kappa shape index (κ1) is 9.89. The van der Waals surface area contributed by atoms with E-state index >= 15 is 0 Å². The molecule has 1 heterocycles. The molecule has 0 aliphatic heterocycles. The van der Waals surface area contributed by atoms with Crippen molar-refractivity contribution < 1.29 is 9.42 Å². The summed E-state index contributed by atoms with van der Waals surface area (Å²) in [6.45, 7) is 5.62. The van der Waals surface area contributed by atoms with Crippen LogP contribution in [0.5, 0.6) is 0 Å². The van der Waals surface area contributed by atoms with Crippen molar-refractivity contribution in [3.8, 4) is 0 Å². The zero-order chi connectivity index (χ0) is 9.84. The van der Waals surface area contributed by atoms with Crippen molar-refractivity contribution >= 4 is 5.78 Å². The minimum Gasteiger partial charge on any atom is -0.299 e. The van der Waals surface area contributed by atoms with Crippen molar-refractivity contribution in [1.82, 2.24) is 10.3 Å². The van der Waals surface area contributed by atoms with Crippen LogP contribution in [0.25, 0.3) is 0 Å². The fraction of sp³-hybridized carbons (Fsp3) is 0.667. The molecule has 0 spiro atoms. The molecule has 4 heteroatoms. The molecule has 0 saturated carbocycles. The molecule has 0 aliphatic carbocycles. The fourth-order valence-corrected chi connectivity index (χ4v) is 1.01. The third-order valence-electron chi connectivity index (χ3n) is 2.00. The zero-order valence-electron chi connectivity index (χ0n) is 8.20. The molecular formula is C9H14N2O2. The van der Waals surface area contributed by atoms with Gasteiger partial charge in [-0.2, -0.15) is 0 Å². The number of carbonyl (C=O) groups excluding carboxylic acids is 1. The predicted molar refractivity (Wildman–Crippen MR) is 47.2 cm³/mol. The molecule has 1 rings (SSSR count). The highest BCUT2D eigenvalue weighted by atomic mass is 16.6. The predicted octanol–water partition coefficient (Wildman–Crippen LogP) is 1.54. The van der Waals surface area contributed by atoms with E-state index in [1.165, 1.54) is 0 Å². The first-order chi connectivity index (χ1) is 6.11. The number of nitrogens with zero attached hydrogens (tertiary/aromatic N) is 2. The Morgan fingerprint density at radius 3 is 2.62 bits per heavy atom. The summed E-state index contributed by atoms with van der Waals surface area (Å²) in [6.07, 6.45) is 1.15. The van der Waals surface area contributed by atoms with Gasteiger partial charge in [0.05, 0.1) is 0 Å². The van der Waals surface area contributed by atoms with Gasteiger partial charge in [0.1, 0.15) is 17.2 Å². The van der Waals surface area contributed by atoms with Crippen molar-refractivity contribution in [2.75, 3.05) is 0 Å². The Kier molecular flexibility index (Phi) is 3.17. The molecule has 0 amide bonds. The maximum Gasteiger partial charge on any atom is 0.135 e. The molecule has 0 aliphatic rings. The lowest BCUT2D eigenvalue weighted by Crippen LogP contribution is -2.08. The van der Waals surface area contributed by atoms with E-state index < -0.39 is 0 Å². The van der Waals surface area contributed by atoms with Gasteiger partial charge in [0.25, 0.3) is 0 Å². The Hall–Kier alpha value is -1.19. The number of hydrogen-bond acceptors (Lipinski definition) is 4. The van der Waals surface area contributed by atoms with Crippen LogP contribution < -0.4 is 0 Å². The topological polar surface area (TPSA) is 56.0 Å². The standard InChI is InChI=1S/C9H14N2O2/c1-6(2)9(12)5-4-8-7(3)10-13-11-8/h6H,4-5H2,1-3H3. The fourth-order valence-electron chi connectivity index (χ4n) is 1.01. The molecule has 0 radical (unpaired) electrons. The van der Waals surface area contributed by atoms with Gasteiger partial charge in [-0.05, 0) is 6.92 Å². The average Bonchev–Trinajstić information content (AvgIpc) is 2.47. The third-order valence-corrected chi connectivity index (χ3v) is 2.00. The summed E-state index contributed by atoms with van der Waals surface area (Å²) >= 11 is 0. The number of ketones is 1. The molecular weight excluding hydrogens is 168 g/mol. The molecule has 0 atom stereocenters. The highest BCUT2D eigenvalue weighted by molar-refractivity contribution is 5.80. The molecule has 13 heavy (non-hydrogen) atoms. The van der Waals surface area contributed by atoms with Crippen molar-refractivity contribution in [2.45, 2.75) is 33.6 Å². The van der Waals surface area contributed by atoms with E-state index in [9.17, 15) is 4.79 Å². The van der Waals surface area contributed by atoms with Gasteiger partial charge in [0.15, 0.2) is 0 Å². The number of aryl methyl sites for hydroxylation is 2. The molecule has 0 bridgehead atoms. The van der Waals surface area contributed by atoms with Crippen LogP contribution >= 0.6 is 0 Å². The number of Topliss-reactive ketones (excluding diaryl/α,β-unsaturated/α-hetero) is 1. The van der Waals surface area contributed by atoms with Crippen molar-refractivity contribution in [3.05, 3.63) is 11.4 Å². The van der Waals surface area contributed by atoms with E-state index in [-0.39, 0.29) is 11.7 Å². The quantitative estimate of drug-likeness (QED) is 0.708. The lowest BCUT2D eigenvalue weighted by Gasteiger charge is -2.01. The van der Waals surface area contributed by atoms with Crippen LogP contribution in [0, 0.1) is 12.8 Å².